The number of hydrogen-bond donors (Lipinski definition) is 2. The third-order valence-corrected chi connectivity index (χ3v) is 5.35. The van der Waals surface area contributed by atoms with Gasteiger partial charge >= 0.3 is 5.63 Å². The number of amides is 1. The molecule has 35 heavy (non-hydrogen) atoms. The van der Waals surface area contributed by atoms with Gasteiger partial charge in [-0.25, -0.2) is 24.3 Å². The SMILES string of the molecule is CC1CON=C1c1cc(-c2nccc(NC(=O)Cc3cc(=O)o[nH]3)n2)nn1Cc1ccccc1F. The molecule has 1 aliphatic heterocycles. The maximum absolute atomic E-state index is 14.3. The van der Waals surface area contributed by atoms with Crippen molar-refractivity contribution in [2.75, 3.05) is 11.9 Å². The van der Waals surface area contributed by atoms with Gasteiger partial charge in [-0.1, -0.05) is 30.3 Å². The number of hydrogen-bond acceptors (Lipinski definition) is 8. The van der Waals surface area contributed by atoms with Crippen LogP contribution in [0, 0.1) is 11.7 Å². The van der Waals surface area contributed by atoms with Crippen molar-refractivity contribution in [2.24, 2.45) is 11.1 Å². The molecule has 178 valence electrons. The van der Waals surface area contributed by atoms with E-state index in [1.807, 2.05) is 6.92 Å². The Morgan fingerprint density at radius 2 is 2.14 bits per heavy atom. The summed E-state index contributed by atoms with van der Waals surface area (Å²) >= 11 is 0. The minimum atomic E-state index is -0.564. The van der Waals surface area contributed by atoms with Crippen LogP contribution in [0.25, 0.3) is 11.5 Å². The molecular weight excluding hydrogens is 457 g/mol. The van der Waals surface area contributed by atoms with Crippen molar-refractivity contribution in [1.82, 2.24) is 24.9 Å². The van der Waals surface area contributed by atoms with E-state index < -0.39 is 11.5 Å². The van der Waals surface area contributed by atoms with Crippen molar-refractivity contribution in [3.8, 4) is 11.5 Å². The second-order valence-electron chi connectivity index (χ2n) is 8.02. The van der Waals surface area contributed by atoms with Crippen LogP contribution in [0.2, 0.25) is 0 Å². The zero-order chi connectivity index (χ0) is 24.4. The first-order valence-electron chi connectivity index (χ1n) is 10.8. The summed E-state index contributed by atoms with van der Waals surface area (Å²) in [6, 6.07) is 11.0. The molecule has 5 rings (SSSR count). The number of carbonyl (C=O) groups excluding carboxylic acids is 1. The molecule has 3 aromatic heterocycles. The smallest absolute Gasteiger partial charge is 0.357 e. The van der Waals surface area contributed by atoms with Crippen molar-refractivity contribution in [2.45, 2.75) is 19.9 Å². The fourth-order valence-electron chi connectivity index (χ4n) is 3.64. The number of halogens is 1. The van der Waals surface area contributed by atoms with E-state index in [4.69, 9.17) is 4.84 Å². The van der Waals surface area contributed by atoms with Crippen LogP contribution in [0.1, 0.15) is 23.9 Å². The first-order chi connectivity index (χ1) is 17.0. The Morgan fingerprint density at radius 3 is 2.89 bits per heavy atom. The molecule has 1 amide bonds. The van der Waals surface area contributed by atoms with Gasteiger partial charge < -0.3 is 14.7 Å². The van der Waals surface area contributed by atoms with Crippen molar-refractivity contribution in [3.05, 3.63) is 81.9 Å². The largest absolute Gasteiger partial charge is 0.395 e. The number of aromatic nitrogens is 5. The van der Waals surface area contributed by atoms with Crippen LogP contribution in [0.15, 0.2) is 63.1 Å². The van der Waals surface area contributed by atoms with Gasteiger partial charge in [0.2, 0.25) is 5.91 Å². The van der Waals surface area contributed by atoms with E-state index in [0.29, 0.717) is 35.0 Å². The highest BCUT2D eigenvalue weighted by atomic mass is 19.1. The number of benzene rings is 1. The predicted octanol–water partition coefficient (Wildman–Crippen LogP) is 2.36. The highest BCUT2D eigenvalue weighted by Gasteiger charge is 2.26. The molecule has 1 aromatic carbocycles. The third-order valence-electron chi connectivity index (χ3n) is 5.35. The van der Waals surface area contributed by atoms with E-state index in [2.05, 4.69) is 35.2 Å². The number of rotatable bonds is 7. The Morgan fingerprint density at radius 1 is 1.29 bits per heavy atom. The molecule has 11 nitrogen and oxygen atoms in total. The summed E-state index contributed by atoms with van der Waals surface area (Å²) in [5.74, 6) is -0.192. The lowest BCUT2D eigenvalue weighted by atomic mass is 10.0. The zero-order valence-corrected chi connectivity index (χ0v) is 18.6. The Hall–Kier alpha value is -4.61. The summed E-state index contributed by atoms with van der Waals surface area (Å²) in [6.07, 6.45) is 1.40. The molecule has 0 radical (unpaired) electrons. The summed E-state index contributed by atoms with van der Waals surface area (Å²) in [5, 5.41) is 13.8. The molecule has 0 spiro atoms. The quantitative estimate of drug-likeness (QED) is 0.416. The number of H-pyrrole nitrogens is 1. The minimum Gasteiger partial charge on any atom is -0.395 e. The second-order valence-corrected chi connectivity index (χ2v) is 8.02. The summed E-state index contributed by atoms with van der Waals surface area (Å²) in [6.45, 7) is 2.59. The number of nitrogens with zero attached hydrogens (tertiary/aromatic N) is 5. The molecule has 2 N–H and O–H groups in total. The van der Waals surface area contributed by atoms with E-state index in [-0.39, 0.29) is 36.3 Å². The number of oxime groups is 1. The molecule has 4 heterocycles. The van der Waals surface area contributed by atoms with Gasteiger partial charge in [-0.3, -0.25) is 9.48 Å². The maximum atomic E-state index is 14.3. The Bertz CT molecular complexity index is 1470. The summed E-state index contributed by atoms with van der Waals surface area (Å²) < 4.78 is 20.5. The fraction of sp³-hybridized carbons (Fsp3) is 0.217. The lowest BCUT2D eigenvalue weighted by molar-refractivity contribution is -0.115. The Kier molecular flexibility index (Phi) is 5.92. The van der Waals surface area contributed by atoms with Gasteiger partial charge in [-0.05, 0) is 18.2 Å². The van der Waals surface area contributed by atoms with Gasteiger partial charge in [-0.2, -0.15) is 5.10 Å². The van der Waals surface area contributed by atoms with Crippen molar-refractivity contribution < 1.29 is 18.5 Å². The highest BCUT2D eigenvalue weighted by Crippen LogP contribution is 2.23. The van der Waals surface area contributed by atoms with Gasteiger partial charge in [-0.15, -0.1) is 0 Å². The molecule has 0 aliphatic carbocycles. The summed E-state index contributed by atoms with van der Waals surface area (Å²) in [5.41, 5.74) is 2.02. The first-order valence-corrected chi connectivity index (χ1v) is 10.8. The van der Waals surface area contributed by atoms with E-state index >= 15 is 0 Å². The van der Waals surface area contributed by atoms with Gasteiger partial charge in [0, 0.05) is 23.7 Å². The van der Waals surface area contributed by atoms with Gasteiger partial charge in [0.15, 0.2) is 5.82 Å². The van der Waals surface area contributed by atoms with E-state index in [1.165, 1.54) is 24.4 Å². The Labute approximate surface area is 197 Å². The second kappa shape index (κ2) is 9.33. The highest BCUT2D eigenvalue weighted by molar-refractivity contribution is 6.01. The minimum absolute atomic E-state index is 0.0276. The number of aromatic amines is 1. The average Bonchev–Trinajstić information content (AvgIpc) is 3.55. The first kappa shape index (κ1) is 22.2. The van der Waals surface area contributed by atoms with E-state index in [9.17, 15) is 14.0 Å². The van der Waals surface area contributed by atoms with Crippen LogP contribution < -0.4 is 10.9 Å². The third kappa shape index (κ3) is 4.86. The molecule has 4 aromatic rings. The number of carbonyl (C=O) groups is 1. The molecule has 0 fully saturated rings. The van der Waals surface area contributed by atoms with Crippen LogP contribution in [0.4, 0.5) is 10.2 Å². The molecule has 1 atom stereocenters. The van der Waals surface area contributed by atoms with Crippen LogP contribution >= 0.6 is 0 Å². The van der Waals surface area contributed by atoms with Crippen LogP contribution in [-0.2, 0) is 22.6 Å². The average molecular weight is 477 g/mol. The fourth-order valence-corrected chi connectivity index (χ4v) is 3.64. The van der Waals surface area contributed by atoms with Crippen molar-refractivity contribution in [1.29, 1.82) is 0 Å². The Balaban J connectivity index is 1.43. The molecule has 0 saturated carbocycles. The van der Waals surface area contributed by atoms with Crippen LogP contribution in [0.3, 0.4) is 0 Å². The molecule has 0 saturated heterocycles. The predicted molar refractivity (Wildman–Crippen MR) is 122 cm³/mol. The van der Waals surface area contributed by atoms with Gasteiger partial charge in [0.05, 0.1) is 24.4 Å². The van der Waals surface area contributed by atoms with E-state index in [0.717, 1.165) is 0 Å². The molecule has 12 heteroatoms. The monoisotopic (exact) mass is 477 g/mol. The van der Waals surface area contributed by atoms with Crippen molar-refractivity contribution >= 4 is 17.4 Å². The molecule has 0 bridgehead atoms. The molecule has 1 aliphatic rings. The van der Waals surface area contributed by atoms with Gasteiger partial charge in [0.25, 0.3) is 0 Å². The number of anilines is 1. The number of nitrogens with one attached hydrogen (secondary N) is 2. The van der Waals surface area contributed by atoms with Crippen LogP contribution in [-0.4, -0.2) is 43.1 Å². The molecule has 1 unspecified atom stereocenters. The van der Waals surface area contributed by atoms with Crippen molar-refractivity contribution in [3.63, 3.8) is 0 Å². The lowest BCUT2D eigenvalue weighted by Crippen LogP contribution is -2.17. The van der Waals surface area contributed by atoms with Crippen LogP contribution in [0.5, 0.6) is 0 Å². The van der Waals surface area contributed by atoms with E-state index in [1.54, 1.807) is 28.9 Å². The summed E-state index contributed by atoms with van der Waals surface area (Å²) in [4.78, 5) is 37.4. The summed E-state index contributed by atoms with van der Waals surface area (Å²) in [7, 11) is 0. The zero-order valence-electron chi connectivity index (χ0n) is 18.6. The lowest BCUT2D eigenvalue weighted by Gasteiger charge is -2.09. The molecular formula is C23H20FN7O4. The van der Waals surface area contributed by atoms with Gasteiger partial charge in [0.1, 0.15) is 29.6 Å². The standard InChI is InChI=1S/C23H20FN7O4/c1-13-12-34-30-22(13)18-10-17(28-31(18)11-14-4-2-3-5-16(14)24)23-25-7-6-19(27-23)26-20(32)8-15-9-21(33)35-29-15/h2-7,9-10,13,29H,8,11-12H2,1H3,(H,25,26,27,32). The maximum Gasteiger partial charge on any atom is 0.357 e. The normalized spacial score (nSPS) is 15.0. The topological polar surface area (TPSA) is 140 Å².